The molecule has 4 nitrogen and oxygen atoms in total. The van der Waals surface area contributed by atoms with Crippen molar-refractivity contribution >= 4 is 16.9 Å². The first kappa shape index (κ1) is 9.71. The van der Waals surface area contributed by atoms with E-state index in [4.69, 9.17) is 5.73 Å². The van der Waals surface area contributed by atoms with Gasteiger partial charge in [0.05, 0.1) is 11.0 Å². The SMILES string of the molecule is Cc1ccc2c(n1)c(C)c(C(N)=O)n2C. The summed E-state index contributed by atoms with van der Waals surface area (Å²) >= 11 is 0. The average molecular weight is 203 g/mol. The molecule has 0 aromatic carbocycles. The normalized spacial score (nSPS) is 10.9. The number of hydrogen-bond acceptors (Lipinski definition) is 2. The van der Waals surface area contributed by atoms with E-state index in [2.05, 4.69) is 4.98 Å². The topological polar surface area (TPSA) is 60.9 Å². The molecule has 2 aromatic rings. The van der Waals surface area contributed by atoms with Crippen molar-refractivity contribution in [2.24, 2.45) is 12.8 Å². The van der Waals surface area contributed by atoms with Crippen molar-refractivity contribution in [3.8, 4) is 0 Å². The van der Waals surface area contributed by atoms with Gasteiger partial charge in [-0.3, -0.25) is 9.78 Å². The van der Waals surface area contributed by atoms with Crippen molar-refractivity contribution in [1.29, 1.82) is 0 Å². The van der Waals surface area contributed by atoms with Crippen LogP contribution in [0.1, 0.15) is 21.7 Å². The number of aryl methyl sites for hydroxylation is 3. The summed E-state index contributed by atoms with van der Waals surface area (Å²) in [5.74, 6) is -0.411. The number of primary amides is 1. The summed E-state index contributed by atoms with van der Waals surface area (Å²) in [5.41, 5.74) is 9.44. The van der Waals surface area contributed by atoms with Crippen LogP contribution in [0.3, 0.4) is 0 Å². The Bertz CT molecular complexity index is 554. The van der Waals surface area contributed by atoms with E-state index in [-0.39, 0.29) is 0 Å². The van der Waals surface area contributed by atoms with Crippen LogP contribution < -0.4 is 5.73 Å². The predicted molar refractivity (Wildman–Crippen MR) is 58.7 cm³/mol. The van der Waals surface area contributed by atoms with Crippen LogP contribution in [0.4, 0.5) is 0 Å². The fourth-order valence-electron chi connectivity index (χ4n) is 1.93. The van der Waals surface area contributed by atoms with E-state index < -0.39 is 5.91 Å². The zero-order chi connectivity index (χ0) is 11.2. The molecular weight excluding hydrogens is 190 g/mol. The monoisotopic (exact) mass is 203 g/mol. The summed E-state index contributed by atoms with van der Waals surface area (Å²) in [6, 6.07) is 3.88. The van der Waals surface area contributed by atoms with Crippen molar-refractivity contribution in [2.45, 2.75) is 13.8 Å². The largest absolute Gasteiger partial charge is 0.364 e. The summed E-state index contributed by atoms with van der Waals surface area (Å²) in [5, 5.41) is 0. The molecule has 0 saturated carbocycles. The highest BCUT2D eigenvalue weighted by Gasteiger charge is 2.16. The third-order valence-electron chi connectivity index (χ3n) is 2.65. The molecule has 0 fully saturated rings. The smallest absolute Gasteiger partial charge is 0.265 e. The highest BCUT2D eigenvalue weighted by molar-refractivity contribution is 5.99. The lowest BCUT2D eigenvalue weighted by Gasteiger charge is -1.99. The minimum Gasteiger partial charge on any atom is -0.364 e. The van der Waals surface area contributed by atoms with E-state index in [1.165, 1.54) is 0 Å². The van der Waals surface area contributed by atoms with Gasteiger partial charge in [0.25, 0.3) is 5.91 Å². The maximum atomic E-state index is 11.3. The molecule has 0 saturated heterocycles. The Hall–Kier alpha value is -1.84. The summed E-state index contributed by atoms with van der Waals surface area (Å²) in [4.78, 5) is 15.7. The fraction of sp³-hybridized carbons (Fsp3) is 0.273. The molecule has 0 atom stereocenters. The molecule has 0 radical (unpaired) electrons. The van der Waals surface area contributed by atoms with E-state index >= 15 is 0 Å². The van der Waals surface area contributed by atoms with Gasteiger partial charge in [-0.2, -0.15) is 0 Å². The van der Waals surface area contributed by atoms with Crippen molar-refractivity contribution in [3.05, 3.63) is 29.1 Å². The average Bonchev–Trinajstić information content (AvgIpc) is 2.39. The zero-order valence-corrected chi connectivity index (χ0v) is 9.03. The first-order valence-corrected chi connectivity index (χ1v) is 4.75. The summed E-state index contributed by atoms with van der Waals surface area (Å²) in [6.07, 6.45) is 0. The summed E-state index contributed by atoms with van der Waals surface area (Å²) in [6.45, 7) is 3.80. The molecule has 0 bridgehead atoms. The minimum atomic E-state index is -0.411. The number of nitrogens with zero attached hydrogens (tertiary/aromatic N) is 2. The second kappa shape index (κ2) is 3.08. The van der Waals surface area contributed by atoms with Crippen LogP contribution in [0.25, 0.3) is 11.0 Å². The van der Waals surface area contributed by atoms with Gasteiger partial charge >= 0.3 is 0 Å². The van der Waals surface area contributed by atoms with Crippen LogP contribution >= 0.6 is 0 Å². The van der Waals surface area contributed by atoms with Gasteiger partial charge in [-0.15, -0.1) is 0 Å². The molecule has 2 rings (SSSR count). The maximum Gasteiger partial charge on any atom is 0.265 e. The number of carbonyl (C=O) groups is 1. The third kappa shape index (κ3) is 1.29. The molecule has 78 valence electrons. The third-order valence-corrected chi connectivity index (χ3v) is 2.65. The molecular formula is C11H13N3O. The molecule has 0 spiro atoms. The van der Waals surface area contributed by atoms with Gasteiger partial charge in [-0.05, 0) is 26.0 Å². The molecule has 2 heterocycles. The van der Waals surface area contributed by atoms with Crippen molar-refractivity contribution in [3.63, 3.8) is 0 Å². The van der Waals surface area contributed by atoms with Crippen molar-refractivity contribution < 1.29 is 4.79 Å². The summed E-state index contributed by atoms with van der Waals surface area (Å²) < 4.78 is 1.79. The number of rotatable bonds is 1. The van der Waals surface area contributed by atoms with Gasteiger partial charge in [-0.25, -0.2) is 0 Å². The number of fused-ring (bicyclic) bond motifs is 1. The highest BCUT2D eigenvalue weighted by atomic mass is 16.1. The lowest BCUT2D eigenvalue weighted by Crippen LogP contribution is -2.16. The second-order valence-electron chi connectivity index (χ2n) is 3.72. The summed E-state index contributed by atoms with van der Waals surface area (Å²) in [7, 11) is 1.83. The highest BCUT2D eigenvalue weighted by Crippen LogP contribution is 2.22. The Morgan fingerprint density at radius 2 is 2.07 bits per heavy atom. The number of hydrogen-bond donors (Lipinski definition) is 1. The van der Waals surface area contributed by atoms with Crippen molar-refractivity contribution in [2.75, 3.05) is 0 Å². The van der Waals surface area contributed by atoms with Crippen LogP contribution in [0.15, 0.2) is 12.1 Å². The van der Waals surface area contributed by atoms with Gasteiger partial charge in [0.2, 0.25) is 0 Å². The molecule has 0 aliphatic carbocycles. The molecule has 0 aliphatic rings. The lowest BCUT2D eigenvalue weighted by molar-refractivity contribution is 0.0992. The Morgan fingerprint density at radius 3 is 2.67 bits per heavy atom. The molecule has 1 amide bonds. The van der Waals surface area contributed by atoms with Crippen molar-refractivity contribution in [1.82, 2.24) is 9.55 Å². The van der Waals surface area contributed by atoms with Gasteiger partial charge in [-0.1, -0.05) is 0 Å². The number of pyridine rings is 1. The minimum absolute atomic E-state index is 0.411. The fourth-order valence-corrected chi connectivity index (χ4v) is 1.93. The van der Waals surface area contributed by atoms with Gasteiger partial charge in [0.1, 0.15) is 5.69 Å². The predicted octanol–water partition coefficient (Wildman–Crippen LogP) is 1.29. The number of amides is 1. The van der Waals surface area contributed by atoms with E-state index in [1.807, 2.05) is 33.0 Å². The Kier molecular flexibility index (Phi) is 2.00. The molecule has 2 aromatic heterocycles. The van der Waals surface area contributed by atoms with Crippen LogP contribution in [-0.4, -0.2) is 15.5 Å². The first-order valence-electron chi connectivity index (χ1n) is 4.75. The van der Waals surface area contributed by atoms with E-state index in [1.54, 1.807) is 4.57 Å². The Labute approximate surface area is 87.7 Å². The number of aromatic nitrogens is 2. The standard InChI is InChI=1S/C11H13N3O/c1-6-4-5-8-9(13-6)7(2)10(11(12)15)14(8)3/h4-5H,1-3H3,(H2,12,15). The van der Waals surface area contributed by atoms with Crippen LogP contribution in [0.2, 0.25) is 0 Å². The van der Waals surface area contributed by atoms with Crippen LogP contribution in [0.5, 0.6) is 0 Å². The lowest BCUT2D eigenvalue weighted by atomic mass is 10.2. The quantitative estimate of drug-likeness (QED) is 0.759. The molecule has 2 N–H and O–H groups in total. The Balaban J connectivity index is 2.91. The van der Waals surface area contributed by atoms with Gasteiger partial charge in [0, 0.05) is 18.3 Å². The van der Waals surface area contributed by atoms with E-state index in [0.717, 1.165) is 22.3 Å². The number of carbonyl (C=O) groups excluding carboxylic acids is 1. The molecule has 15 heavy (non-hydrogen) atoms. The van der Waals surface area contributed by atoms with Gasteiger partial charge in [0.15, 0.2) is 0 Å². The Morgan fingerprint density at radius 1 is 1.40 bits per heavy atom. The molecule has 0 aliphatic heterocycles. The number of nitrogens with two attached hydrogens (primary N) is 1. The van der Waals surface area contributed by atoms with E-state index in [0.29, 0.717) is 5.69 Å². The first-order chi connectivity index (χ1) is 7.02. The van der Waals surface area contributed by atoms with Gasteiger partial charge < -0.3 is 10.3 Å². The second-order valence-corrected chi connectivity index (χ2v) is 3.72. The van der Waals surface area contributed by atoms with Crippen LogP contribution in [-0.2, 0) is 7.05 Å². The van der Waals surface area contributed by atoms with E-state index in [9.17, 15) is 4.79 Å². The maximum absolute atomic E-state index is 11.3. The van der Waals surface area contributed by atoms with Crippen LogP contribution in [0, 0.1) is 13.8 Å². The zero-order valence-electron chi connectivity index (χ0n) is 9.03. The molecule has 4 heteroatoms. The molecule has 0 unspecified atom stereocenters.